The molecular weight excluding hydrogens is 417 g/mol. The fourth-order valence-corrected chi connectivity index (χ4v) is 3.75. The standard InChI is InChI=1S/C25H21F3N2O2/c1-31-20-12-8-18(9-13-20)23(17-6-4-3-5-7-17)22-16-29-24(25(26,27)28)30(22)19-10-14-21(32-2)15-11-19/h3-16,23H,1-2H3. The highest BCUT2D eigenvalue weighted by Gasteiger charge is 2.39. The molecule has 0 aliphatic rings. The summed E-state index contributed by atoms with van der Waals surface area (Å²) in [6.07, 6.45) is -3.33. The van der Waals surface area contributed by atoms with E-state index in [0.717, 1.165) is 11.1 Å². The number of ether oxygens (including phenoxy) is 2. The number of aromatic nitrogens is 2. The lowest BCUT2D eigenvalue weighted by Gasteiger charge is -2.22. The first-order valence-corrected chi connectivity index (χ1v) is 9.90. The third-order valence-electron chi connectivity index (χ3n) is 5.25. The van der Waals surface area contributed by atoms with Gasteiger partial charge in [-0.2, -0.15) is 13.2 Å². The van der Waals surface area contributed by atoms with Gasteiger partial charge in [0.25, 0.3) is 0 Å². The molecule has 0 bridgehead atoms. The molecule has 0 radical (unpaired) electrons. The quantitative estimate of drug-likeness (QED) is 0.366. The zero-order valence-corrected chi connectivity index (χ0v) is 17.5. The summed E-state index contributed by atoms with van der Waals surface area (Å²) in [5.74, 6) is -0.237. The summed E-state index contributed by atoms with van der Waals surface area (Å²) in [6, 6.07) is 23.1. The minimum atomic E-state index is -4.63. The molecule has 0 saturated carbocycles. The predicted octanol–water partition coefficient (Wildman–Crippen LogP) is 6.09. The molecule has 4 nitrogen and oxygen atoms in total. The van der Waals surface area contributed by atoms with Crippen molar-refractivity contribution in [2.45, 2.75) is 12.1 Å². The lowest BCUT2D eigenvalue weighted by Crippen LogP contribution is -2.17. The van der Waals surface area contributed by atoms with Gasteiger partial charge in [0, 0.05) is 5.69 Å². The first-order valence-electron chi connectivity index (χ1n) is 9.90. The highest BCUT2D eigenvalue weighted by Crippen LogP contribution is 2.38. The average Bonchev–Trinajstić information content (AvgIpc) is 3.26. The van der Waals surface area contributed by atoms with E-state index < -0.39 is 17.9 Å². The molecule has 1 unspecified atom stereocenters. The number of hydrogen-bond acceptors (Lipinski definition) is 3. The van der Waals surface area contributed by atoms with Gasteiger partial charge < -0.3 is 9.47 Å². The summed E-state index contributed by atoms with van der Waals surface area (Å²) < 4.78 is 53.4. The van der Waals surface area contributed by atoms with Crippen molar-refractivity contribution in [1.82, 2.24) is 9.55 Å². The summed E-state index contributed by atoms with van der Waals surface area (Å²) in [6.45, 7) is 0. The van der Waals surface area contributed by atoms with Gasteiger partial charge in [0.15, 0.2) is 0 Å². The fraction of sp³-hybridized carbons (Fsp3) is 0.160. The third kappa shape index (κ3) is 4.19. The normalized spacial score (nSPS) is 12.4. The van der Waals surface area contributed by atoms with Crippen molar-refractivity contribution in [3.8, 4) is 17.2 Å². The SMILES string of the molecule is COc1ccc(C(c2ccccc2)c2cnc(C(F)(F)F)n2-c2ccc(OC)cc2)cc1. The van der Waals surface area contributed by atoms with Gasteiger partial charge in [-0.05, 0) is 47.5 Å². The second-order valence-corrected chi connectivity index (χ2v) is 7.15. The van der Waals surface area contributed by atoms with Gasteiger partial charge in [-0.15, -0.1) is 0 Å². The van der Waals surface area contributed by atoms with E-state index in [1.807, 2.05) is 42.5 Å². The largest absolute Gasteiger partial charge is 0.497 e. The van der Waals surface area contributed by atoms with Gasteiger partial charge in [0.1, 0.15) is 11.5 Å². The zero-order valence-electron chi connectivity index (χ0n) is 17.5. The van der Waals surface area contributed by atoms with E-state index in [-0.39, 0.29) is 0 Å². The number of imidazole rings is 1. The van der Waals surface area contributed by atoms with Crippen LogP contribution in [0.1, 0.15) is 28.6 Å². The smallest absolute Gasteiger partial charge is 0.450 e. The summed E-state index contributed by atoms with van der Waals surface area (Å²) >= 11 is 0. The first kappa shape index (κ1) is 21.5. The van der Waals surface area contributed by atoms with Crippen molar-refractivity contribution in [1.29, 1.82) is 0 Å². The lowest BCUT2D eigenvalue weighted by atomic mass is 9.88. The minimum absolute atomic E-state index is 0.347. The maximum atomic E-state index is 13.9. The van der Waals surface area contributed by atoms with Crippen LogP contribution >= 0.6 is 0 Å². The van der Waals surface area contributed by atoms with Crippen LogP contribution < -0.4 is 9.47 Å². The molecule has 1 atom stereocenters. The van der Waals surface area contributed by atoms with E-state index in [1.165, 1.54) is 17.9 Å². The Balaban J connectivity index is 1.95. The molecule has 164 valence electrons. The van der Waals surface area contributed by atoms with Crippen LogP contribution in [0.4, 0.5) is 13.2 Å². The molecule has 0 fully saturated rings. The number of benzene rings is 3. The van der Waals surface area contributed by atoms with Crippen LogP contribution in [0.3, 0.4) is 0 Å². The Morgan fingerprint density at radius 3 is 1.81 bits per heavy atom. The van der Waals surface area contributed by atoms with Gasteiger partial charge >= 0.3 is 6.18 Å². The van der Waals surface area contributed by atoms with Gasteiger partial charge in [-0.25, -0.2) is 4.98 Å². The second-order valence-electron chi connectivity index (χ2n) is 7.15. The van der Waals surface area contributed by atoms with Crippen LogP contribution in [0.25, 0.3) is 5.69 Å². The molecule has 0 aliphatic carbocycles. The highest BCUT2D eigenvalue weighted by molar-refractivity contribution is 5.47. The van der Waals surface area contributed by atoms with Crippen LogP contribution in [0.15, 0.2) is 85.1 Å². The van der Waals surface area contributed by atoms with E-state index >= 15 is 0 Å². The monoisotopic (exact) mass is 438 g/mol. The Hall–Kier alpha value is -3.74. The Kier molecular flexibility index (Phi) is 5.90. The first-order chi connectivity index (χ1) is 15.4. The molecule has 1 heterocycles. The van der Waals surface area contributed by atoms with Crippen LogP contribution in [0, 0.1) is 0 Å². The van der Waals surface area contributed by atoms with Gasteiger partial charge in [-0.3, -0.25) is 4.57 Å². The maximum absolute atomic E-state index is 13.9. The Labute approximate surface area is 183 Å². The van der Waals surface area contributed by atoms with E-state index in [1.54, 1.807) is 43.5 Å². The lowest BCUT2D eigenvalue weighted by molar-refractivity contribution is -0.146. The van der Waals surface area contributed by atoms with Gasteiger partial charge in [-0.1, -0.05) is 42.5 Å². The van der Waals surface area contributed by atoms with Crippen molar-refractivity contribution in [3.63, 3.8) is 0 Å². The van der Waals surface area contributed by atoms with E-state index in [4.69, 9.17) is 9.47 Å². The third-order valence-corrected chi connectivity index (χ3v) is 5.25. The molecule has 0 saturated heterocycles. The van der Waals surface area contributed by atoms with E-state index in [0.29, 0.717) is 22.9 Å². The molecule has 3 aromatic carbocycles. The van der Waals surface area contributed by atoms with Crippen molar-refractivity contribution < 1.29 is 22.6 Å². The Bertz CT molecular complexity index is 1170. The molecule has 7 heteroatoms. The predicted molar refractivity (Wildman–Crippen MR) is 115 cm³/mol. The molecule has 0 aliphatic heterocycles. The molecule has 4 rings (SSSR count). The summed E-state index contributed by atoms with van der Waals surface area (Å²) in [5.41, 5.74) is 2.42. The summed E-state index contributed by atoms with van der Waals surface area (Å²) in [5, 5.41) is 0. The fourth-order valence-electron chi connectivity index (χ4n) is 3.75. The maximum Gasteiger partial charge on any atom is 0.450 e. The molecule has 4 aromatic rings. The Morgan fingerprint density at radius 1 is 0.750 bits per heavy atom. The second kappa shape index (κ2) is 8.78. The van der Waals surface area contributed by atoms with Crippen LogP contribution in [-0.2, 0) is 6.18 Å². The van der Waals surface area contributed by atoms with Crippen LogP contribution in [0.2, 0.25) is 0 Å². The van der Waals surface area contributed by atoms with Crippen LogP contribution in [-0.4, -0.2) is 23.8 Å². The number of halogens is 3. The van der Waals surface area contributed by atoms with Gasteiger partial charge in [0.05, 0.1) is 32.0 Å². The molecule has 0 spiro atoms. The van der Waals surface area contributed by atoms with Crippen molar-refractivity contribution in [3.05, 3.63) is 108 Å². The number of methoxy groups -OCH3 is 2. The average molecular weight is 438 g/mol. The molecular formula is C25H21F3N2O2. The molecule has 32 heavy (non-hydrogen) atoms. The number of nitrogens with zero attached hydrogens (tertiary/aromatic N) is 2. The topological polar surface area (TPSA) is 36.3 Å². The van der Waals surface area contributed by atoms with Crippen molar-refractivity contribution in [2.75, 3.05) is 14.2 Å². The highest BCUT2D eigenvalue weighted by atomic mass is 19.4. The number of hydrogen-bond donors (Lipinski definition) is 0. The number of alkyl halides is 3. The van der Waals surface area contributed by atoms with Crippen molar-refractivity contribution >= 4 is 0 Å². The molecule has 0 amide bonds. The van der Waals surface area contributed by atoms with E-state index in [2.05, 4.69) is 4.98 Å². The minimum Gasteiger partial charge on any atom is -0.497 e. The number of rotatable bonds is 6. The molecule has 0 N–H and O–H groups in total. The van der Waals surface area contributed by atoms with Gasteiger partial charge in [0.2, 0.25) is 5.82 Å². The Morgan fingerprint density at radius 2 is 1.28 bits per heavy atom. The molecule has 1 aromatic heterocycles. The van der Waals surface area contributed by atoms with E-state index in [9.17, 15) is 13.2 Å². The van der Waals surface area contributed by atoms with Crippen molar-refractivity contribution in [2.24, 2.45) is 0 Å². The summed E-state index contributed by atoms with van der Waals surface area (Å²) in [4.78, 5) is 3.79. The summed E-state index contributed by atoms with van der Waals surface area (Å²) in [7, 11) is 3.08. The zero-order chi connectivity index (χ0) is 22.7. The van der Waals surface area contributed by atoms with Crippen LogP contribution in [0.5, 0.6) is 11.5 Å².